The zero-order valence-corrected chi connectivity index (χ0v) is 30.1. The fraction of sp³-hybridized carbons (Fsp3) is 0.300. The normalized spacial score (nSPS) is 15.7. The number of carbonyl (C=O) groups excluding carboxylic acids is 4. The second-order valence-electron chi connectivity index (χ2n) is 14.1. The minimum atomic E-state index is -1.46. The number of nitrogens with one attached hydrogen (secondary N) is 1. The molecule has 6 rings (SSSR count). The second kappa shape index (κ2) is 14.9. The molecule has 0 saturated carbocycles. The van der Waals surface area contributed by atoms with E-state index in [1.54, 1.807) is 91.3 Å². The van der Waals surface area contributed by atoms with Gasteiger partial charge in [-0.3, -0.25) is 19.2 Å². The highest BCUT2D eigenvalue weighted by Crippen LogP contribution is 2.33. The van der Waals surface area contributed by atoms with Crippen molar-refractivity contribution in [3.8, 4) is 11.1 Å². The Bertz CT molecular complexity index is 2200. The van der Waals surface area contributed by atoms with Crippen LogP contribution in [0.15, 0.2) is 85.6 Å². The summed E-state index contributed by atoms with van der Waals surface area (Å²) in [6, 6.07) is 16.0. The molecule has 0 bridgehead atoms. The summed E-state index contributed by atoms with van der Waals surface area (Å²) in [5.41, 5.74) is 2.98. The lowest BCUT2D eigenvalue weighted by atomic mass is 9.97. The van der Waals surface area contributed by atoms with Crippen LogP contribution in [-0.2, 0) is 25.7 Å². The summed E-state index contributed by atoms with van der Waals surface area (Å²) in [6.45, 7) is 7.74. The Hall–Kier alpha value is -5.98. The predicted octanol–water partition coefficient (Wildman–Crippen LogP) is 7.01. The van der Waals surface area contributed by atoms with Crippen LogP contribution in [0.25, 0.3) is 22.0 Å². The van der Waals surface area contributed by atoms with Crippen LogP contribution in [0.4, 0.5) is 25.8 Å². The van der Waals surface area contributed by atoms with Crippen molar-refractivity contribution >= 4 is 51.5 Å². The number of Topliss-reactive ketones (excluding diaryl/α,β-unsaturated/α-hetero) is 1. The lowest BCUT2D eigenvalue weighted by Gasteiger charge is -2.26. The van der Waals surface area contributed by atoms with Gasteiger partial charge >= 0.3 is 5.97 Å². The molecule has 0 aliphatic carbocycles. The van der Waals surface area contributed by atoms with Crippen LogP contribution in [0.5, 0.6) is 0 Å². The monoisotopic (exact) mass is 722 g/mol. The molecule has 3 aromatic carbocycles. The SMILES string of the molecule is CC(=O)c1cn(CC(=O)N2C[C@H](F)C[C@H]2C(=O)Nc2cccc(-c3ccccc3C)c2F)c2ccc(N(COC(=O)C(C)(C)C)c3cncnc3)cc12. The van der Waals surface area contributed by atoms with Crippen LogP contribution in [0.2, 0.25) is 0 Å². The van der Waals surface area contributed by atoms with E-state index in [2.05, 4.69) is 15.3 Å². The van der Waals surface area contributed by atoms with E-state index in [1.807, 2.05) is 19.1 Å². The first kappa shape index (κ1) is 36.8. The molecular formula is C40H40F2N6O5. The van der Waals surface area contributed by atoms with Gasteiger partial charge in [-0.15, -0.1) is 0 Å². The van der Waals surface area contributed by atoms with Gasteiger partial charge in [-0.05, 0) is 70.0 Å². The number of aryl methyl sites for hydroxylation is 1. The summed E-state index contributed by atoms with van der Waals surface area (Å²) in [5, 5.41) is 3.11. The Kier molecular flexibility index (Phi) is 10.4. The van der Waals surface area contributed by atoms with Gasteiger partial charge in [0.2, 0.25) is 11.8 Å². The van der Waals surface area contributed by atoms with Crippen LogP contribution in [0.1, 0.15) is 50.0 Å². The van der Waals surface area contributed by atoms with Crippen LogP contribution in [0.3, 0.4) is 0 Å². The van der Waals surface area contributed by atoms with E-state index < -0.39 is 41.2 Å². The summed E-state index contributed by atoms with van der Waals surface area (Å²) in [7, 11) is 0. The molecule has 3 heterocycles. The van der Waals surface area contributed by atoms with Crippen molar-refractivity contribution in [1.82, 2.24) is 19.4 Å². The zero-order chi connectivity index (χ0) is 38.0. The van der Waals surface area contributed by atoms with Crippen LogP contribution >= 0.6 is 0 Å². The van der Waals surface area contributed by atoms with E-state index in [4.69, 9.17) is 4.74 Å². The maximum absolute atomic E-state index is 15.7. The molecule has 2 atom stereocenters. The van der Waals surface area contributed by atoms with Crippen molar-refractivity contribution in [2.45, 2.75) is 59.8 Å². The number of esters is 1. The number of halogens is 2. The molecule has 5 aromatic rings. The third-order valence-corrected chi connectivity index (χ3v) is 9.22. The standard InChI is InChI=1S/C40H40F2N6O5/c1-24-9-6-7-10-29(24)30-11-8-12-33(37(30)42)45-38(51)35-15-26(41)19-47(35)36(50)21-46-20-32(25(2)49)31-16-27(13-14-34(31)46)48(28-17-43-22-44-18-28)23-53-39(52)40(3,4)5/h6-14,16-18,20,22,26,35H,15,19,21,23H2,1-5H3,(H,45,51)/t26-,35+/m1/s1. The average Bonchev–Trinajstić information content (AvgIpc) is 3.70. The molecule has 274 valence electrons. The van der Waals surface area contributed by atoms with E-state index >= 15 is 4.39 Å². The molecule has 0 radical (unpaired) electrons. The van der Waals surface area contributed by atoms with Crippen molar-refractivity contribution in [2.75, 3.05) is 23.5 Å². The molecular weight excluding hydrogens is 682 g/mol. The molecule has 1 aliphatic heterocycles. The van der Waals surface area contributed by atoms with Crippen LogP contribution < -0.4 is 10.2 Å². The molecule has 2 amide bonds. The van der Waals surface area contributed by atoms with Gasteiger partial charge in [0.1, 0.15) is 25.1 Å². The van der Waals surface area contributed by atoms with Crippen LogP contribution in [0, 0.1) is 18.2 Å². The molecule has 0 spiro atoms. The zero-order valence-electron chi connectivity index (χ0n) is 30.1. The number of likely N-dealkylation sites (tertiary alicyclic amines) is 1. The molecule has 1 saturated heterocycles. The van der Waals surface area contributed by atoms with E-state index in [-0.39, 0.29) is 37.7 Å². The first-order valence-electron chi connectivity index (χ1n) is 17.2. The second-order valence-corrected chi connectivity index (χ2v) is 14.1. The summed E-state index contributed by atoms with van der Waals surface area (Å²) in [5.74, 6) is -2.57. The number of ketones is 1. The van der Waals surface area contributed by atoms with Crippen molar-refractivity contribution < 1.29 is 32.7 Å². The Balaban J connectivity index is 1.25. The highest BCUT2D eigenvalue weighted by Gasteiger charge is 2.40. The topological polar surface area (TPSA) is 127 Å². The number of anilines is 3. The third kappa shape index (κ3) is 7.79. The number of rotatable bonds is 10. The van der Waals surface area contributed by atoms with Gasteiger partial charge in [0.15, 0.2) is 18.3 Å². The molecule has 2 aromatic heterocycles. The number of carbonyl (C=O) groups is 4. The van der Waals surface area contributed by atoms with Gasteiger partial charge in [-0.1, -0.05) is 36.4 Å². The minimum absolute atomic E-state index is 0.0759. The summed E-state index contributed by atoms with van der Waals surface area (Å²) >= 11 is 0. The number of fused-ring (bicyclic) bond motifs is 1. The predicted molar refractivity (Wildman–Crippen MR) is 197 cm³/mol. The van der Waals surface area contributed by atoms with Crippen molar-refractivity contribution in [3.63, 3.8) is 0 Å². The van der Waals surface area contributed by atoms with Gasteiger partial charge in [0.05, 0.1) is 35.7 Å². The molecule has 1 aliphatic rings. The Morgan fingerprint density at radius 1 is 0.981 bits per heavy atom. The van der Waals surface area contributed by atoms with E-state index in [0.717, 1.165) is 10.5 Å². The number of hydrogen-bond donors (Lipinski definition) is 1. The number of nitrogens with zero attached hydrogens (tertiary/aromatic N) is 5. The number of aromatic nitrogens is 3. The third-order valence-electron chi connectivity index (χ3n) is 9.22. The first-order valence-corrected chi connectivity index (χ1v) is 17.2. The summed E-state index contributed by atoms with van der Waals surface area (Å²) < 4.78 is 37.8. The Labute approximate surface area is 305 Å². The summed E-state index contributed by atoms with van der Waals surface area (Å²) in [4.78, 5) is 63.9. The molecule has 0 unspecified atom stereocenters. The number of ether oxygens (including phenoxy) is 1. The fourth-order valence-electron chi connectivity index (χ4n) is 6.41. The smallest absolute Gasteiger partial charge is 0.312 e. The maximum atomic E-state index is 15.7. The number of alkyl halides is 1. The molecule has 1 fully saturated rings. The van der Waals surface area contributed by atoms with Gasteiger partial charge < -0.3 is 24.4 Å². The van der Waals surface area contributed by atoms with Gasteiger partial charge in [-0.2, -0.15) is 0 Å². The number of benzene rings is 3. The first-order chi connectivity index (χ1) is 25.2. The largest absolute Gasteiger partial charge is 0.443 e. The maximum Gasteiger partial charge on any atom is 0.312 e. The van der Waals surface area contributed by atoms with Gasteiger partial charge in [-0.25, -0.2) is 18.7 Å². The number of hydrogen-bond acceptors (Lipinski definition) is 8. The average molecular weight is 723 g/mol. The minimum Gasteiger partial charge on any atom is -0.443 e. The van der Waals surface area contributed by atoms with E-state index in [9.17, 15) is 23.6 Å². The van der Waals surface area contributed by atoms with Crippen LogP contribution in [-0.4, -0.2) is 68.5 Å². The van der Waals surface area contributed by atoms with Crippen molar-refractivity contribution in [1.29, 1.82) is 0 Å². The van der Waals surface area contributed by atoms with Gasteiger partial charge in [0.25, 0.3) is 0 Å². The lowest BCUT2D eigenvalue weighted by molar-refractivity contribution is -0.152. The van der Waals surface area contributed by atoms with Gasteiger partial charge in [0, 0.05) is 40.3 Å². The lowest BCUT2D eigenvalue weighted by Crippen LogP contribution is -2.44. The highest BCUT2D eigenvalue weighted by atomic mass is 19.1. The molecule has 13 heteroatoms. The quantitative estimate of drug-likeness (QED) is 0.0927. The highest BCUT2D eigenvalue weighted by molar-refractivity contribution is 6.08. The molecule has 11 nitrogen and oxygen atoms in total. The Morgan fingerprint density at radius 3 is 2.40 bits per heavy atom. The molecule has 1 N–H and O–H groups in total. The van der Waals surface area contributed by atoms with Crippen molar-refractivity contribution in [2.24, 2.45) is 5.41 Å². The summed E-state index contributed by atoms with van der Waals surface area (Å²) in [6.07, 6.45) is 4.34. The Morgan fingerprint density at radius 2 is 1.70 bits per heavy atom. The van der Waals surface area contributed by atoms with Crippen molar-refractivity contribution in [3.05, 3.63) is 103 Å². The fourth-order valence-corrected chi connectivity index (χ4v) is 6.41. The van der Waals surface area contributed by atoms with E-state index in [1.165, 1.54) is 19.3 Å². The van der Waals surface area contributed by atoms with E-state index in [0.29, 0.717) is 39.0 Å². The molecule has 53 heavy (non-hydrogen) atoms. The number of amides is 2.